The number of nitrogens with zero attached hydrogens (tertiary/aromatic N) is 1. The highest BCUT2D eigenvalue weighted by Crippen LogP contribution is 2.11. The van der Waals surface area contributed by atoms with Crippen molar-refractivity contribution in [1.82, 2.24) is 0 Å². The summed E-state index contributed by atoms with van der Waals surface area (Å²) < 4.78 is 31.6. The Bertz CT molecular complexity index is 546. The summed E-state index contributed by atoms with van der Waals surface area (Å²) in [5.74, 6) is 0.0979. The number of guanidine groups is 1. The largest absolute Gasteiger partial charge is 0.394 e. The lowest BCUT2D eigenvalue weighted by atomic mass is 10.2. The first-order valence-electron chi connectivity index (χ1n) is 4.86. The van der Waals surface area contributed by atoms with Crippen molar-refractivity contribution in [3.05, 3.63) is 40.9 Å². The fraction of sp³-hybridized carbons (Fsp3) is 0.100. The van der Waals surface area contributed by atoms with Crippen molar-refractivity contribution in [1.29, 1.82) is 0 Å². The fourth-order valence-corrected chi connectivity index (χ4v) is 1.16. The van der Waals surface area contributed by atoms with E-state index in [9.17, 15) is 0 Å². The first kappa shape index (κ1) is 17.4. The van der Waals surface area contributed by atoms with Crippen molar-refractivity contribution >= 4 is 34.0 Å². The minimum atomic E-state index is -4.67. The molecule has 0 saturated heterocycles. The van der Waals surface area contributed by atoms with Crippen LogP contribution in [0.4, 0.5) is 0 Å². The van der Waals surface area contributed by atoms with E-state index >= 15 is 0 Å². The van der Waals surface area contributed by atoms with Crippen LogP contribution in [0.3, 0.4) is 0 Å². The van der Waals surface area contributed by atoms with Crippen molar-refractivity contribution in [2.75, 3.05) is 6.54 Å². The van der Waals surface area contributed by atoms with Crippen LogP contribution in [-0.4, -0.2) is 30.0 Å². The Morgan fingerprint density at radius 3 is 2.42 bits per heavy atom. The molecule has 0 unspecified atom stereocenters. The molecule has 7 nitrogen and oxygen atoms in total. The molecule has 0 aliphatic heterocycles. The van der Waals surface area contributed by atoms with Gasteiger partial charge in [0.15, 0.2) is 5.96 Å². The van der Waals surface area contributed by atoms with Gasteiger partial charge in [-0.05, 0) is 17.7 Å². The Labute approximate surface area is 116 Å². The standard InChI is InChI=1S/C10H12ClN3.H2O4S/c11-9-5-1-3-8(7-9)4-2-6-14-10(12)13;1-5(2,3)4/h1-5,7H,6H2,(H4,12,13,14);(H2,1,2,3,4). The van der Waals surface area contributed by atoms with Gasteiger partial charge in [0.2, 0.25) is 0 Å². The van der Waals surface area contributed by atoms with Gasteiger partial charge in [-0.2, -0.15) is 8.42 Å². The van der Waals surface area contributed by atoms with E-state index < -0.39 is 10.4 Å². The van der Waals surface area contributed by atoms with Crippen LogP contribution in [0.25, 0.3) is 6.08 Å². The summed E-state index contributed by atoms with van der Waals surface area (Å²) in [5, 5.41) is 0.717. The molecule has 0 atom stereocenters. The van der Waals surface area contributed by atoms with E-state index in [-0.39, 0.29) is 5.96 Å². The van der Waals surface area contributed by atoms with Gasteiger partial charge in [-0.3, -0.25) is 9.11 Å². The van der Waals surface area contributed by atoms with Crippen molar-refractivity contribution < 1.29 is 17.5 Å². The molecule has 1 aromatic rings. The zero-order valence-electron chi connectivity index (χ0n) is 9.77. The molecule has 106 valence electrons. The lowest BCUT2D eigenvalue weighted by Crippen LogP contribution is -2.22. The van der Waals surface area contributed by atoms with Crippen LogP contribution in [0.15, 0.2) is 35.3 Å². The summed E-state index contributed by atoms with van der Waals surface area (Å²) in [6, 6.07) is 7.54. The van der Waals surface area contributed by atoms with E-state index in [1.807, 2.05) is 36.4 Å². The van der Waals surface area contributed by atoms with Crippen LogP contribution in [0.2, 0.25) is 5.02 Å². The predicted molar refractivity (Wildman–Crippen MR) is 75.3 cm³/mol. The number of hydrogen-bond acceptors (Lipinski definition) is 3. The molecule has 0 amide bonds. The zero-order chi connectivity index (χ0) is 14.9. The zero-order valence-corrected chi connectivity index (χ0v) is 11.3. The van der Waals surface area contributed by atoms with Gasteiger partial charge >= 0.3 is 10.4 Å². The molecular weight excluding hydrogens is 294 g/mol. The molecule has 1 aromatic carbocycles. The van der Waals surface area contributed by atoms with E-state index in [2.05, 4.69) is 4.99 Å². The molecule has 9 heteroatoms. The molecular formula is C10H14ClN3O4S. The lowest BCUT2D eigenvalue weighted by molar-refractivity contribution is 0.381. The first-order chi connectivity index (χ1) is 8.68. The van der Waals surface area contributed by atoms with Gasteiger partial charge in [-0.1, -0.05) is 35.9 Å². The van der Waals surface area contributed by atoms with E-state index in [1.54, 1.807) is 0 Å². The molecule has 0 aliphatic carbocycles. The molecule has 0 bridgehead atoms. The van der Waals surface area contributed by atoms with Gasteiger partial charge in [0.05, 0.1) is 6.54 Å². The first-order valence-corrected chi connectivity index (χ1v) is 6.63. The summed E-state index contributed by atoms with van der Waals surface area (Å²) in [6.45, 7) is 0.481. The maximum Gasteiger partial charge on any atom is 0.394 e. The van der Waals surface area contributed by atoms with Gasteiger partial charge in [0.1, 0.15) is 0 Å². The maximum atomic E-state index is 8.74. The lowest BCUT2D eigenvalue weighted by Gasteiger charge is -1.93. The van der Waals surface area contributed by atoms with Crippen LogP contribution < -0.4 is 11.5 Å². The smallest absolute Gasteiger partial charge is 0.370 e. The Kier molecular flexibility index (Phi) is 7.77. The number of hydrogen-bond donors (Lipinski definition) is 4. The van der Waals surface area contributed by atoms with Gasteiger partial charge in [-0.15, -0.1) is 0 Å². The Morgan fingerprint density at radius 2 is 1.95 bits per heavy atom. The van der Waals surface area contributed by atoms with Crippen LogP contribution in [0, 0.1) is 0 Å². The highest BCUT2D eigenvalue weighted by molar-refractivity contribution is 7.79. The van der Waals surface area contributed by atoms with E-state index in [0.29, 0.717) is 11.6 Å². The summed E-state index contributed by atoms with van der Waals surface area (Å²) in [5.41, 5.74) is 11.4. The quantitative estimate of drug-likeness (QED) is 0.373. The Hall–Kier alpha value is -1.61. The highest BCUT2D eigenvalue weighted by atomic mass is 35.5. The third kappa shape index (κ3) is 14.3. The summed E-state index contributed by atoms with van der Waals surface area (Å²) in [6.07, 6.45) is 3.78. The Balaban J connectivity index is 0.000000555. The molecule has 0 heterocycles. The number of rotatable bonds is 3. The van der Waals surface area contributed by atoms with Crippen molar-refractivity contribution in [3.63, 3.8) is 0 Å². The number of benzene rings is 1. The molecule has 0 aliphatic rings. The summed E-state index contributed by atoms with van der Waals surface area (Å²) >= 11 is 5.81. The second kappa shape index (κ2) is 8.48. The summed E-state index contributed by atoms with van der Waals surface area (Å²) in [4.78, 5) is 3.81. The van der Waals surface area contributed by atoms with Crippen LogP contribution in [-0.2, 0) is 10.4 Å². The minimum absolute atomic E-state index is 0.0979. The average molecular weight is 308 g/mol. The van der Waals surface area contributed by atoms with E-state index in [0.717, 1.165) is 5.56 Å². The van der Waals surface area contributed by atoms with Gasteiger partial charge in [0, 0.05) is 5.02 Å². The third-order valence-electron chi connectivity index (χ3n) is 1.54. The monoisotopic (exact) mass is 307 g/mol. The third-order valence-corrected chi connectivity index (χ3v) is 1.77. The summed E-state index contributed by atoms with van der Waals surface area (Å²) in [7, 11) is -4.67. The molecule has 0 radical (unpaired) electrons. The molecule has 0 fully saturated rings. The maximum absolute atomic E-state index is 8.74. The van der Waals surface area contributed by atoms with Crippen molar-refractivity contribution in [3.8, 4) is 0 Å². The van der Waals surface area contributed by atoms with E-state index in [4.69, 9.17) is 40.6 Å². The SMILES string of the molecule is NC(N)=NCC=Cc1cccc(Cl)c1.O=S(=O)(O)O. The fourth-order valence-electron chi connectivity index (χ4n) is 0.957. The van der Waals surface area contributed by atoms with Gasteiger partial charge < -0.3 is 11.5 Å². The normalized spacial score (nSPS) is 10.7. The molecule has 0 spiro atoms. The van der Waals surface area contributed by atoms with Gasteiger partial charge in [0.25, 0.3) is 0 Å². The molecule has 1 rings (SSSR count). The average Bonchev–Trinajstić information content (AvgIpc) is 2.22. The molecule has 0 saturated carbocycles. The van der Waals surface area contributed by atoms with Crippen molar-refractivity contribution in [2.24, 2.45) is 16.5 Å². The second-order valence-corrected chi connectivity index (χ2v) is 4.50. The van der Waals surface area contributed by atoms with Crippen LogP contribution in [0.5, 0.6) is 0 Å². The number of aliphatic imine (C=N–C) groups is 1. The van der Waals surface area contributed by atoms with E-state index in [1.165, 1.54) is 0 Å². The Morgan fingerprint density at radius 1 is 1.37 bits per heavy atom. The minimum Gasteiger partial charge on any atom is -0.370 e. The van der Waals surface area contributed by atoms with Gasteiger partial charge in [-0.25, -0.2) is 4.99 Å². The molecule has 0 aromatic heterocycles. The number of nitrogens with two attached hydrogens (primary N) is 2. The molecule has 19 heavy (non-hydrogen) atoms. The number of halogens is 1. The van der Waals surface area contributed by atoms with Crippen LogP contribution in [0.1, 0.15) is 5.56 Å². The second-order valence-electron chi connectivity index (χ2n) is 3.17. The highest BCUT2D eigenvalue weighted by Gasteiger charge is 1.87. The topological polar surface area (TPSA) is 139 Å². The molecule has 6 N–H and O–H groups in total. The predicted octanol–water partition coefficient (Wildman–Crippen LogP) is 0.974. The van der Waals surface area contributed by atoms with Crippen molar-refractivity contribution in [2.45, 2.75) is 0 Å². The van der Waals surface area contributed by atoms with Crippen LogP contribution >= 0.6 is 11.6 Å².